The van der Waals surface area contributed by atoms with Crippen LogP contribution in [0.5, 0.6) is 0 Å². The van der Waals surface area contributed by atoms with E-state index in [0.717, 1.165) is 0 Å². The molecule has 0 unspecified atom stereocenters. The first-order chi connectivity index (χ1) is 3.91. The second-order valence-electron chi connectivity index (χ2n) is 0.780. The van der Waals surface area contributed by atoms with Crippen molar-refractivity contribution in [2.24, 2.45) is 0 Å². The highest BCUT2D eigenvalue weighted by molar-refractivity contribution is 7.79. The largest absolute Gasteiger partial charge is 0.471 e. The van der Waals surface area contributed by atoms with E-state index in [1.165, 1.54) is 7.11 Å². The molecule has 0 amide bonds. The molecule has 5 N–H and O–H groups in total. The Morgan fingerprint density at radius 1 is 1.40 bits per heavy atom. The van der Waals surface area contributed by atoms with Gasteiger partial charge in [-0.1, -0.05) is 0 Å². The Labute approximate surface area is 58.2 Å². The molecule has 0 saturated heterocycles. The van der Waals surface area contributed by atoms with E-state index >= 15 is 0 Å². The number of rotatable bonds is 1. The zero-order chi connectivity index (χ0) is 7.91. The van der Waals surface area contributed by atoms with Gasteiger partial charge in [-0.15, -0.1) is 0 Å². The number of hydrogen-bond acceptors (Lipinski definition) is 5. The third kappa shape index (κ3) is 3220. The fourth-order valence-corrected chi connectivity index (χ4v) is 0. The van der Waals surface area contributed by atoms with Crippen molar-refractivity contribution in [1.29, 1.82) is 0 Å². The molecule has 0 spiro atoms. The molecule has 0 fully saturated rings. The Morgan fingerprint density at radius 3 is 1.50 bits per heavy atom. The summed E-state index contributed by atoms with van der Waals surface area (Å²) in [7, 11) is -3.35. The first-order valence-electron chi connectivity index (χ1n) is 1.58. The van der Waals surface area contributed by atoms with Crippen LogP contribution in [-0.4, -0.2) is 31.1 Å². The maximum atomic E-state index is 8.95. The van der Waals surface area contributed by atoms with E-state index in [2.05, 4.69) is 4.74 Å². The third-order valence-corrected chi connectivity index (χ3v) is 0.0962. The minimum absolute atomic E-state index is 0. The quantitative estimate of drug-likeness (QED) is 0.354. The van der Waals surface area contributed by atoms with Gasteiger partial charge in [0.15, 0.2) is 0 Å². The molecule has 0 aliphatic carbocycles. The molecule has 0 rings (SSSR count). The zero-order valence-corrected chi connectivity index (χ0v) is 6.04. The SMILES string of the molecule is COC=O.N.O=S(=O)(O)O. The van der Waals surface area contributed by atoms with Gasteiger partial charge in [0, 0.05) is 0 Å². The molecule has 0 heterocycles. The van der Waals surface area contributed by atoms with Crippen molar-refractivity contribution in [2.75, 3.05) is 7.11 Å². The van der Waals surface area contributed by atoms with Crippen LogP contribution in [0, 0.1) is 0 Å². The summed E-state index contributed by atoms with van der Waals surface area (Å²) in [5, 5.41) is 0. The Kier molecular flexibility index (Phi) is 13.4. The van der Waals surface area contributed by atoms with E-state index in [1.807, 2.05) is 0 Å². The van der Waals surface area contributed by atoms with Crippen LogP contribution >= 0.6 is 0 Å². The smallest absolute Gasteiger partial charge is 0.394 e. The van der Waals surface area contributed by atoms with Crippen LogP contribution in [0.15, 0.2) is 0 Å². The molecule has 64 valence electrons. The van der Waals surface area contributed by atoms with Gasteiger partial charge >= 0.3 is 10.4 Å². The number of carbonyl (C=O) groups excluding carboxylic acids is 1. The van der Waals surface area contributed by atoms with Gasteiger partial charge in [-0.05, 0) is 0 Å². The van der Waals surface area contributed by atoms with Gasteiger partial charge in [0.05, 0.1) is 7.11 Å². The molecule has 0 aliphatic heterocycles. The van der Waals surface area contributed by atoms with Crippen molar-refractivity contribution < 1.29 is 27.1 Å². The number of hydrogen-bond donors (Lipinski definition) is 3. The predicted octanol–water partition coefficient (Wildman–Crippen LogP) is -0.702. The topological polar surface area (TPSA) is 136 Å². The van der Waals surface area contributed by atoms with E-state index in [4.69, 9.17) is 22.3 Å². The molecular weight excluding hydrogens is 166 g/mol. The Hall–Kier alpha value is -0.700. The van der Waals surface area contributed by atoms with Gasteiger partial charge in [0.25, 0.3) is 6.47 Å². The highest BCUT2D eigenvalue weighted by atomic mass is 32.3. The highest BCUT2D eigenvalue weighted by Crippen LogP contribution is 1.59. The predicted molar refractivity (Wildman–Crippen MR) is 32.3 cm³/mol. The van der Waals surface area contributed by atoms with Crippen molar-refractivity contribution in [3.63, 3.8) is 0 Å². The number of carbonyl (C=O) groups is 1. The summed E-state index contributed by atoms with van der Waals surface area (Å²) in [5.41, 5.74) is 0. The molecule has 0 aromatic carbocycles. The van der Waals surface area contributed by atoms with Crippen molar-refractivity contribution in [3.05, 3.63) is 0 Å². The molecule has 0 saturated carbocycles. The van der Waals surface area contributed by atoms with E-state index in [1.54, 1.807) is 0 Å². The van der Waals surface area contributed by atoms with E-state index in [0.29, 0.717) is 6.47 Å². The molecular formula is C2H9NO6S. The normalized spacial score (nSPS) is 7.90. The van der Waals surface area contributed by atoms with Gasteiger partial charge in [0.1, 0.15) is 0 Å². The fraction of sp³-hybridized carbons (Fsp3) is 0.500. The Morgan fingerprint density at radius 2 is 1.50 bits per heavy atom. The van der Waals surface area contributed by atoms with Gasteiger partial charge < -0.3 is 10.9 Å². The Balaban J connectivity index is -0.0000000910. The molecule has 7 nitrogen and oxygen atoms in total. The van der Waals surface area contributed by atoms with Crippen LogP contribution in [0.1, 0.15) is 0 Å². The zero-order valence-electron chi connectivity index (χ0n) is 5.22. The van der Waals surface area contributed by atoms with E-state index in [9.17, 15) is 0 Å². The van der Waals surface area contributed by atoms with Crippen LogP contribution in [0.4, 0.5) is 0 Å². The molecule has 10 heavy (non-hydrogen) atoms. The molecule has 0 aliphatic rings. The average Bonchev–Trinajstić information content (AvgIpc) is 1.61. The van der Waals surface area contributed by atoms with Gasteiger partial charge in [-0.2, -0.15) is 8.42 Å². The summed E-state index contributed by atoms with van der Waals surface area (Å²) in [6, 6.07) is 0. The molecule has 0 bridgehead atoms. The summed E-state index contributed by atoms with van der Waals surface area (Å²) in [5.74, 6) is 0. The van der Waals surface area contributed by atoms with Crippen molar-refractivity contribution >= 4 is 16.9 Å². The van der Waals surface area contributed by atoms with Crippen LogP contribution in [0.25, 0.3) is 0 Å². The van der Waals surface area contributed by atoms with Crippen LogP contribution in [-0.2, 0) is 19.9 Å². The molecule has 8 heteroatoms. The summed E-state index contributed by atoms with van der Waals surface area (Å²) >= 11 is 0. The summed E-state index contributed by atoms with van der Waals surface area (Å²) in [6.45, 7) is 0.375. The monoisotopic (exact) mass is 175 g/mol. The summed E-state index contributed by atoms with van der Waals surface area (Å²) in [4.78, 5) is 8.95. The van der Waals surface area contributed by atoms with Crippen LogP contribution < -0.4 is 6.15 Å². The second-order valence-corrected chi connectivity index (χ2v) is 1.68. The first kappa shape index (κ1) is 16.1. The van der Waals surface area contributed by atoms with E-state index in [-0.39, 0.29) is 6.15 Å². The highest BCUT2D eigenvalue weighted by Gasteiger charge is 1.84. The van der Waals surface area contributed by atoms with Crippen molar-refractivity contribution in [1.82, 2.24) is 6.15 Å². The Bertz CT molecular complexity index is 141. The third-order valence-electron chi connectivity index (χ3n) is 0.0962. The average molecular weight is 175 g/mol. The lowest BCUT2D eigenvalue weighted by Gasteiger charge is -1.68. The van der Waals surface area contributed by atoms with Crippen LogP contribution in [0.3, 0.4) is 0 Å². The molecule has 0 radical (unpaired) electrons. The maximum absolute atomic E-state index is 8.95. The number of methoxy groups -OCH3 is 1. The van der Waals surface area contributed by atoms with E-state index < -0.39 is 10.4 Å². The van der Waals surface area contributed by atoms with Gasteiger partial charge in [-0.3, -0.25) is 13.9 Å². The van der Waals surface area contributed by atoms with Gasteiger partial charge in [-0.25, -0.2) is 0 Å². The summed E-state index contributed by atoms with van der Waals surface area (Å²) < 4.78 is 35.4. The van der Waals surface area contributed by atoms with Crippen LogP contribution in [0.2, 0.25) is 0 Å². The van der Waals surface area contributed by atoms with Crippen molar-refractivity contribution in [2.45, 2.75) is 0 Å². The second kappa shape index (κ2) is 8.30. The lowest BCUT2D eigenvalue weighted by Crippen LogP contribution is -1.89. The minimum Gasteiger partial charge on any atom is -0.471 e. The minimum atomic E-state index is -4.67. The standard InChI is InChI=1S/C2H4O2.H3N.H2O4S/c1-4-2-3;;1-5(2,3)4/h2H,1H3;1H3;(H2,1,2,3,4). The first-order valence-corrected chi connectivity index (χ1v) is 2.98. The summed E-state index contributed by atoms with van der Waals surface area (Å²) in [6.07, 6.45) is 0. The lowest BCUT2D eigenvalue weighted by atomic mass is 11.5. The molecule has 0 aromatic heterocycles. The fourth-order valence-electron chi connectivity index (χ4n) is 0. The number of ether oxygens (including phenoxy) is 1. The van der Waals surface area contributed by atoms with Crippen molar-refractivity contribution in [3.8, 4) is 0 Å². The van der Waals surface area contributed by atoms with Gasteiger partial charge in [0.2, 0.25) is 0 Å². The maximum Gasteiger partial charge on any atom is 0.394 e. The molecule has 0 atom stereocenters. The lowest BCUT2D eigenvalue weighted by molar-refractivity contribution is -0.126. The molecule has 0 aromatic rings.